The SMILES string of the molecule is COc1cccc(C(=O)N2CCC(N3C[C@H](O)C[C@H]3C(=O)NC3CCCC3)CC2)c1. The molecule has 2 N–H and O–H groups in total. The number of carbonyl (C=O) groups is 2. The predicted molar refractivity (Wildman–Crippen MR) is 113 cm³/mol. The predicted octanol–water partition coefficient (Wildman–Crippen LogP) is 1.79. The van der Waals surface area contributed by atoms with Crippen LogP contribution in [0, 0.1) is 0 Å². The van der Waals surface area contributed by atoms with E-state index in [1.807, 2.05) is 23.1 Å². The molecule has 3 aliphatic rings. The molecule has 2 saturated heterocycles. The molecule has 1 aromatic rings. The molecular formula is C23H33N3O4. The zero-order valence-electron chi connectivity index (χ0n) is 17.8. The van der Waals surface area contributed by atoms with Crippen LogP contribution in [0.15, 0.2) is 24.3 Å². The van der Waals surface area contributed by atoms with Gasteiger partial charge in [-0.15, -0.1) is 0 Å². The Balaban J connectivity index is 1.35. The number of nitrogens with zero attached hydrogens (tertiary/aromatic N) is 2. The Bertz CT molecular complexity index is 757. The van der Waals surface area contributed by atoms with E-state index in [1.165, 1.54) is 12.8 Å². The third-order valence-electron chi connectivity index (χ3n) is 6.86. The average molecular weight is 416 g/mol. The number of aliphatic hydroxyl groups is 1. The minimum atomic E-state index is -0.458. The topological polar surface area (TPSA) is 82.1 Å². The van der Waals surface area contributed by atoms with Crippen molar-refractivity contribution in [3.63, 3.8) is 0 Å². The molecule has 164 valence electrons. The molecular weight excluding hydrogens is 382 g/mol. The van der Waals surface area contributed by atoms with Crippen LogP contribution < -0.4 is 10.1 Å². The first-order valence-electron chi connectivity index (χ1n) is 11.2. The lowest BCUT2D eigenvalue weighted by atomic mass is 10.0. The van der Waals surface area contributed by atoms with Crippen LogP contribution in [0.2, 0.25) is 0 Å². The molecule has 1 aliphatic carbocycles. The lowest BCUT2D eigenvalue weighted by Crippen LogP contribution is -2.53. The number of β-amino-alcohol motifs (C(OH)–C–C–N with tert-alkyl or cyclic N) is 1. The number of aliphatic hydroxyl groups excluding tert-OH is 1. The molecule has 30 heavy (non-hydrogen) atoms. The molecule has 0 spiro atoms. The summed E-state index contributed by atoms with van der Waals surface area (Å²) in [5.41, 5.74) is 0.637. The fraction of sp³-hybridized carbons (Fsp3) is 0.652. The van der Waals surface area contributed by atoms with Crippen molar-refractivity contribution in [2.75, 3.05) is 26.7 Å². The Morgan fingerprint density at radius 1 is 1.13 bits per heavy atom. The maximum absolute atomic E-state index is 12.9. The van der Waals surface area contributed by atoms with Gasteiger partial charge in [-0.05, 0) is 50.3 Å². The molecule has 2 heterocycles. The first-order valence-corrected chi connectivity index (χ1v) is 11.2. The summed E-state index contributed by atoms with van der Waals surface area (Å²) in [5.74, 6) is 0.760. The number of hydrogen-bond acceptors (Lipinski definition) is 5. The Labute approximate surface area is 178 Å². The highest BCUT2D eigenvalue weighted by molar-refractivity contribution is 5.94. The number of piperidine rings is 1. The minimum Gasteiger partial charge on any atom is -0.497 e. The van der Waals surface area contributed by atoms with Gasteiger partial charge in [-0.2, -0.15) is 0 Å². The second-order valence-corrected chi connectivity index (χ2v) is 8.85. The largest absolute Gasteiger partial charge is 0.497 e. The summed E-state index contributed by atoms with van der Waals surface area (Å²) in [7, 11) is 1.60. The van der Waals surface area contributed by atoms with E-state index in [2.05, 4.69) is 10.2 Å². The van der Waals surface area contributed by atoms with Gasteiger partial charge < -0.3 is 20.1 Å². The van der Waals surface area contributed by atoms with Crippen LogP contribution in [0.25, 0.3) is 0 Å². The normalized spacial score (nSPS) is 26.1. The highest BCUT2D eigenvalue weighted by Crippen LogP contribution is 2.28. The first-order chi connectivity index (χ1) is 14.5. The van der Waals surface area contributed by atoms with E-state index in [1.54, 1.807) is 13.2 Å². The molecule has 1 saturated carbocycles. The monoisotopic (exact) mass is 415 g/mol. The number of ether oxygens (including phenoxy) is 1. The number of nitrogens with one attached hydrogen (secondary N) is 1. The van der Waals surface area contributed by atoms with Crippen LogP contribution >= 0.6 is 0 Å². The van der Waals surface area contributed by atoms with Crippen molar-refractivity contribution < 1.29 is 19.4 Å². The van der Waals surface area contributed by atoms with Crippen LogP contribution in [-0.4, -0.2) is 77.7 Å². The number of rotatable bonds is 5. The Hall–Kier alpha value is -2.12. The summed E-state index contributed by atoms with van der Waals surface area (Å²) >= 11 is 0. The van der Waals surface area contributed by atoms with Crippen molar-refractivity contribution in [2.45, 2.75) is 69.2 Å². The first kappa shape index (κ1) is 21.1. The van der Waals surface area contributed by atoms with Gasteiger partial charge in [0.15, 0.2) is 0 Å². The Morgan fingerprint density at radius 2 is 1.87 bits per heavy atom. The van der Waals surface area contributed by atoms with Crippen molar-refractivity contribution >= 4 is 11.8 Å². The lowest BCUT2D eigenvalue weighted by Gasteiger charge is -2.39. The molecule has 7 nitrogen and oxygen atoms in total. The van der Waals surface area contributed by atoms with Crippen molar-refractivity contribution in [3.8, 4) is 5.75 Å². The summed E-state index contributed by atoms with van der Waals surface area (Å²) in [5, 5.41) is 13.5. The molecule has 0 aromatic heterocycles. The van der Waals surface area contributed by atoms with E-state index in [0.717, 1.165) is 25.7 Å². The van der Waals surface area contributed by atoms with Crippen molar-refractivity contribution in [3.05, 3.63) is 29.8 Å². The average Bonchev–Trinajstić information content (AvgIpc) is 3.43. The summed E-state index contributed by atoms with van der Waals surface area (Å²) < 4.78 is 5.23. The van der Waals surface area contributed by atoms with Crippen LogP contribution in [0.5, 0.6) is 5.75 Å². The van der Waals surface area contributed by atoms with Gasteiger partial charge in [-0.1, -0.05) is 18.9 Å². The van der Waals surface area contributed by atoms with E-state index in [-0.39, 0.29) is 23.9 Å². The number of amides is 2. The number of benzene rings is 1. The molecule has 0 unspecified atom stereocenters. The molecule has 2 aliphatic heterocycles. The third kappa shape index (κ3) is 4.62. The molecule has 1 aromatic carbocycles. The van der Waals surface area contributed by atoms with Crippen LogP contribution in [-0.2, 0) is 4.79 Å². The second kappa shape index (κ2) is 9.35. The Kier molecular flexibility index (Phi) is 6.58. The van der Waals surface area contributed by atoms with Gasteiger partial charge in [-0.25, -0.2) is 0 Å². The molecule has 0 bridgehead atoms. The summed E-state index contributed by atoms with van der Waals surface area (Å²) in [4.78, 5) is 29.8. The zero-order chi connectivity index (χ0) is 21.1. The third-order valence-corrected chi connectivity index (χ3v) is 6.86. The van der Waals surface area contributed by atoms with Crippen molar-refractivity contribution in [1.82, 2.24) is 15.1 Å². The highest BCUT2D eigenvalue weighted by atomic mass is 16.5. The number of likely N-dealkylation sites (tertiary alicyclic amines) is 2. The molecule has 3 fully saturated rings. The maximum atomic E-state index is 12.9. The molecule has 2 amide bonds. The second-order valence-electron chi connectivity index (χ2n) is 8.85. The fourth-order valence-electron chi connectivity index (χ4n) is 5.21. The number of methoxy groups -OCH3 is 1. The van der Waals surface area contributed by atoms with Gasteiger partial charge in [0.2, 0.25) is 5.91 Å². The van der Waals surface area contributed by atoms with E-state index in [9.17, 15) is 14.7 Å². The smallest absolute Gasteiger partial charge is 0.253 e. The highest BCUT2D eigenvalue weighted by Gasteiger charge is 2.41. The van der Waals surface area contributed by atoms with E-state index in [4.69, 9.17) is 4.74 Å². The summed E-state index contributed by atoms with van der Waals surface area (Å²) in [6.45, 7) is 1.85. The molecule has 0 radical (unpaired) electrons. The number of hydrogen-bond donors (Lipinski definition) is 2. The van der Waals surface area contributed by atoms with Gasteiger partial charge >= 0.3 is 0 Å². The van der Waals surface area contributed by atoms with Crippen LogP contribution in [0.4, 0.5) is 0 Å². The van der Waals surface area contributed by atoms with Crippen molar-refractivity contribution in [2.24, 2.45) is 0 Å². The van der Waals surface area contributed by atoms with Gasteiger partial charge in [-0.3, -0.25) is 14.5 Å². The summed E-state index contributed by atoms with van der Waals surface area (Å²) in [6, 6.07) is 7.50. The standard InChI is InChI=1S/C23H33N3O4/c1-30-20-8-4-5-16(13-20)23(29)25-11-9-18(10-12-25)26-15-19(27)14-21(26)22(28)24-17-6-2-3-7-17/h4-5,8,13,17-19,21,27H,2-3,6-7,9-12,14-15H2,1H3,(H,24,28)/t19-,21+/m1/s1. The maximum Gasteiger partial charge on any atom is 0.253 e. The van der Waals surface area contributed by atoms with Gasteiger partial charge in [0, 0.05) is 37.3 Å². The van der Waals surface area contributed by atoms with Gasteiger partial charge in [0.05, 0.1) is 19.3 Å². The van der Waals surface area contributed by atoms with Crippen LogP contribution in [0.1, 0.15) is 55.3 Å². The van der Waals surface area contributed by atoms with Crippen molar-refractivity contribution in [1.29, 1.82) is 0 Å². The van der Waals surface area contributed by atoms with E-state index in [0.29, 0.717) is 43.4 Å². The Morgan fingerprint density at radius 3 is 2.57 bits per heavy atom. The molecule has 4 rings (SSSR count). The molecule has 7 heteroatoms. The lowest BCUT2D eigenvalue weighted by molar-refractivity contribution is -0.127. The van der Waals surface area contributed by atoms with Gasteiger partial charge in [0.25, 0.3) is 5.91 Å². The minimum absolute atomic E-state index is 0.0179. The van der Waals surface area contributed by atoms with E-state index >= 15 is 0 Å². The van der Waals surface area contributed by atoms with E-state index < -0.39 is 6.10 Å². The summed E-state index contributed by atoms with van der Waals surface area (Å²) in [6.07, 6.45) is 6.16. The fourth-order valence-corrected chi connectivity index (χ4v) is 5.21. The number of carbonyl (C=O) groups excluding carboxylic acids is 2. The zero-order valence-corrected chi connectivity index (χ0v) is 17.8. The quantitative estimate of drug-likeness (QED) is 0.766. The molecule has 2 atom stereocenters. The van der Waals surface area contributed by atoms with Crippen LogP contribution in [0.3, 0.4) is 0 Å². The van der Waals surface area contributed by atoms with Gasteiger partial charge in [0.1, 0.15) is 5.75 Å².